The molecule has 0 saturated heterocycles. The summed E-state index contributed by atoms with van der Waals surface area (Å²) in [4.78, 5) is 38.2. The molecule has 3 rings (SSSR count). The van der Waals surface area contributed by atoms with Gasteiger partial charge < -0.3 is 14.8 Å². The van der Waals surface area contributed by atoms with Gasteiger partial charge in [-0.2, -0.15) is 0 Å². The summed E-state index contributed by atoms with van der Waals surface area (Å²) in [5.41, 5.74) is 2.88. The Hall–Kier alpha value is -2.67. The number of carbonyl (C=O) groups is 3. The van der Waals surface area contributed by atoms with Gasteiger partial charge in [-0.05, 0) is 54.4 Å². The fraction of sp³-hybridized carbons (Fsp3) is 0.458. The number of amides is 1. The van der Waals surface area contributed by atoms with Crippen LogP contribution in [0.4, 0.5) is 5.00 Å². The second kappa shape index (κ2) is 9.64. The molecule has 1 aromatic carbocycles. The number of aryl methyl sites for hydroxylation is 1. The van der Waals surface area contributed by atoms with Crippen LogP contribution in [0.1, 0.15) is 76.8 Å². The minimum atomic E-state index is -0.564. The van der Waals surface area contributed by atoms with Crippen molar-refractivity contribution in [2.75, 3.05) is 19.0 Å². The molecule has 7 heteroatoms. The van der Waals surface area contributed by atoms with E-state index < -0.39 is 24.5 Å². The van der Waals surface area contributed by atoms with Crippen LogP contribution in [0.25, 0.3) is 0 Å². The van der Waals surface area contributed by atoms with Gasteiger partial charge in [-0.1, -0.05) is 39.3 Å². The van der Waals surface area contributed by atoms with Crippen molar-refractivity contribution >= 4 is 34.2 Å². The van der Waals surface area contributed by atoms with E-state index in [-0.39, 0.29) is 5.41 Å². The molecule has 0 radical (unpaired) electrons. The maximum Gasteiger partial charge on any atom is 0.341 e. The SMILES string of the molecule is COC(=O)c1c(NC(=O)COC(=O)c2ccc(C(C)(C)C)cc2)sc2c1CCCCC2. The van der Waals surface area contributed by atoms with Gasteiger partial charge in [0.2, 0.25) is 0 Å². The first-order chi connectivity index (χ1) is 14.7. The number of methoxy groups -OCH3 is 1. The van der Waals surface area contributed by atoms with Gasteiger partial charge in [0.15, 0.2) is 6.61 Å². The second-order valence-corrected chi connectivity index (χ2v) is 9.82. The third-order valence-electron chi connectivity index (χ3n) is 5.38. The van der Waals surface area contributed by atoms with Gasteiger partial charge in [-0.25, -0.2) is 9.59 Å². The van der Waals surface area contributed by atoms with Gasteiger partial charge in [-0.3, -0.25) is 4.79 Å². The normalized spacial score (nSPS) is 13.7. The van der Waals surface area contributed by atoms with Gasteiger partial charge >= 0.3 is 11.9 Å². The molecule has 2 aromatic rings. The van der Waals surface area contributed by atoms with Crippen LogP contribution >= 0.6 is 11.3 Å². The average molecular weight is 444 g/mol. The highest BCUT2D eigenvalue weighted by atomic mass is 32.1. The summed E-state index contributed by atoms with van der Waals surface area (Å²) in [7, 11) is 1.33. The molecule has 0 atom stereocenters. The van der Waals surface area contributed by atoms with E-state index in [4.69, 9.17) is 9.47 Å². The van der Waals surface area contributed by atoms with Gasteiger partial charge in [0.05, 0.1) is 18.2 Å². The zero-order chi connectivity index (χ0) is 22.6. The van der Waals surface area contributed by atoms with Crippen molar-refractivity contribution in [2.45, 2.75) is 58.3 Å². The molecule has 1 aliphatic rings. The van der Waals surface area contributed by atoms with Crippen LogP contribution in [0.3, 0.4) is 0 Å². The molecule has 1 amide bonds. The summed E-state index contributed by atoms with van der Waals surface area (Å²) >= 11 is 1.41. The summed E-state index contributed by atoms with van der Waals surface area (Å²) in [5.74, 6) is -1.50. The molecule has 1 heterocycles. The highest BCUT2D eigenvalue weighted by Gasteiger charge is 2.26. The van der Waals surface area contributed by atoms with Gasteiger partial charge in [0.25, 0.3) is 5.91 Å². The summed E-state index contributed by atoms with van der Waals surface area (Å²) in [6.07, 6.45) is 4.88. The number of anilines is 1. The molecule has 0 spiro atoms. The van der Waals surface area contributed by atoms with Crippen molar-refractivity contribution in [2.24, 2.45) is 0 Å². The van der Waals surface area contributed by atoms with Crippen molar-refractivity contribution in [3.63, 3.8) is 0 Å². The lowest BCUT2D eigenvalue weighted by atomic mass is 9.87. The lowest BCUT2D eigenvalue weighted by Crippen LogP contribution is -2.22. The van der Waals surface area contributed by atoms with Crippen molar-refractivity contribution in [1.82, 2.24) is 0 Å². The second-order valence-electron chi connectivity index (χ2n) is 8.71. The molecule has 0 aliphatic heterocycles. The summed E-state index contributed by atoms with van der Waals surface area (Å²) in [6.45, 7) is 5.86. The molecule has 0 unspecified atom stereocenters. The maximum atomic E-state index is 12.4. The largest absolute Gasteiger partial charge is 0.465 e. The fourth-order valence-corrected chi connectivity index (χ4v) is 4.93. The number of nitrogens with one attached hydrogen (secondary N) is 1. The minimum absolute atomic E-state index is 0.0153. The number of esters is 2. The number of hydrogen-bond acceptors (Lipinski definition) is 6. The molecule has 31 heavy (non-hydrogen) atoms. The van der Waals surface area contributed by atoms with E-state index in [0.29, 0.717) is 16.1 Å². The Morgan fingerprint density at radius 2 is 1.68 bits per heavy atom. The van der Waals surface area contributed by atoms with Crippen LogP contribution in [-0.2, 0) is 32.5 Å². The van der Waals surface area contributed by atoms with Crippen molar-refractivity contribution in [1.29, 1.82) is 0 Å². The van der Waals surface area contributed by atoms with Crippen LogP contribution in [0, 0.1) is 0 Å². The molecule has 0 fully saturated rings. The van der Waals surface area contributed by atoms with Gasteiger partial charge in [0, 0.05) is 4.88 Å². The van der Waals surface area contributed by atoms with E-state index in [1.54, 1.807) is 12.1 Å². The fourth-order valence-electron chi connectivity index (χ4n) is 3.63. The zero-order valence-electron chi connectivity index (χ0n) is 18.5. The summed E-state index contributed by atoms with van der Waals surface area (Å²) in [5, 5.41) is 3.21. The van der Waals surface area contributed by atoms with Crippen LogP contribution in [0.15, 0.2) is 24.3 Å². The molecule has 166 valence electrons. The van der Waals surface area contributed by atoms with Gasteiger partial charge in [0.1, 0.15) is 5.00 Å². The lowest BCUT2D eigenvalue weighted by Gasteiger charge is -2.18. The summed E-state index contributed by atoms with van der Waals surface area (Å²) in [6, 6.07) is 7.18. The third-order valence-corrected chi connectivity index (χ3v) is 6.59. The van der Waals surface area contributed by atoms with E-state index >= 15 is 0 Å². The Kier molecular flexibility index (Phi) is 7.15. The Morgan fingerprint density at radius 3 is 2.32 bits per heavy atom. The van der Waals surface area contributed by atoms with E-state index in [2.05, 4.69) is 26.1 Å². The molecular formula is C24H29NO5S. The Morgan fingerprint density at radius 1 is 1.00 bits per heavy atom. The Bertz CT molecular complexity index is 969. The van der Waals surface area contributed by atoms with E-state index in [9.17, 15) is 14.4 Å². The predicted octanol–water partition coefficient (Wildman–Crippen LogP) is 4.90. The molecule has 1 aliphatic carbocycles. The number of hydrogen-bond donors (Lipinski definition) is 1. The Balaban J connectivity index is 1.66. The number of thiophene rings is 1. The molecule has 6 nitrogen and oxygen atoms in total. The van der Waals surface area contributed by atoms with Crippen molar-refractivity contribution in [3.05, 3.63) is 51.4 Å². The van der Waals surface area contributed by atoms with Crippen LogP contribution < -0.4 is 5.32 Å². The van der Waals surface area contributed by atoms with Crippen molar-refractivity contribution < 1.29 is 23.9 Å². The first-order valence-electron chi connectivity index (χ1n) is 10.5. The smallest absolute Gasteiger partial charge is 0.341 e. The molecule has 0 bridgehead atoms. The maximum absolute atomic E-state index is 12.4. The predicted molar refractivity (Wildman–Crippen MR) is 121 cm³/mol. The third kappa shape index (κ3) is 5.53. The van der Waals surface area contributed by atoms with Crippen molar-refractivity contribution in [3.8, 4) is 0 Å². The highest BCUT2D eigenvalue weighted by Crippen LogP contribution is 2.37. The summed E-state index contributed by atoms with van der Waals surface area (Å²) < 4.78 is 10.1. The van der Waals surface area contributed by atoms with E-state index in [1.807, 2.05) is 12.1 Å². The first-order valence-corrected chi connectivity index (χ1v) is 11.3. The monoisotopic (exact) mass is 443 g/mol. The molecule has 1 N–H and O–H groups in total. The molecule has 1 aromatic heterocycles. The number of ether oxygens (including phenoxy) is 2. The molecule has 0 saturated carbocycles. The lowest BCUT2D eigenvalue weighted by molar-refractivity contribution is -0.119. The van der Waals surface area contributed by atoms with E-state index in [0.717, 1.165) is 48.1 Å². The number of benzene rings is 1. The Labute approximate surface area is 186 Å². The topological polar surface area (TPSA) is 81.7 Å². The standard InChI is InChI=1S/C24H29NO5S/c1-24(2,3)16-12-10-15(11-13-16)22(27)30-14-19(26)25-21-20(23(28)29-4)17-8-6-5-7-9-18(17)31-21/h10-13H,5-9,14H2,1-4H3,(H,25,26). The van der Waals surface area contributed by atoms with E-state index in [1.165, 1.54) is 18.4 Å². The first kappa shape index (κ1) is 23.0. The average Bonchev–Trinajstić information content (AvgIpc) is 2.91. The van der Waals surface area contributed by atoms with Crippen LogP contribution in [-0.4, -0.2) is 31.6 Å². The van der Waals surface area contributed by atoms with Gasteiger partial charge in [-0.15, -0.1) is 11.3 Å². The number of carbonyl (C=O) groups excluding carboxylic acids is 3. The number of fused-ring (bicyclic) bond motifs is 1. The minimum Gasteiger partial charge on any atom is -0.465 e. The highest BCUT2D eigenvalue weighted by molar-refractivity contribution is 7.17. The quantitative estimate of drug-likeness (QED) is 0.525. The number of rotatable bonds is 5. The zero-order valence-corrected chi connectivity index (χ0v) is 19.3. The van der Waals surface area contributed by atoms with Crippen LogP contribution in [0.2, 0.25) is 0 Å². The molecular weight excluding hydrogens is 414 g/mol. The van der Waals surface area contributed by atoms with Crippen LogP contribution in [0.5, 0.6) is 0 Å².